The number of benzene rings is 1. The van der Waals surface area contributed by atoms with E-state index >= 15 is 0 Å². The van der Waals surface area contributed by atoms with Crippen LogP contribution in [0.4, 0.5) is 0 Å². The number of nitrogens with one attached hydrogen (secondary N) is 1. The van der Waals surface area contributed by atoms with Gasteiger partial charge in [-0.15, -0.1) is 6.58 Å². The van der Waals surface area contributed by atoms with Gasteiger partial charge in [0.2, 0.25) is 5.91 Å². The van der Waals surface area contributed by atoms with Gasteiger partial charge in [0.15, 0.2) is 0 Å². The Kier molecular flexibility index (Phi) is 5.38. The molecule has 2 N–H and O–H groups in total. The second-order valence-electron chi connectivity index (χ2n) is 4.36. The van der Waals surface area contributed by atoms with Crippen molar-refractivity contribution in [1.29, 1.82) is 0 Å². The van der Waals surface area contributed by atoms with Crippen molar-refractivity contribution >= 4 is 17.5 Å². The third-order valence-corrected chi connectivity index (χ3v) is 2.99. The highest BCUT2D eigenvalue weighted by Crippen LogP contribution is 2.27. The number of halogens is 1. The Morgan fingerprint density at radius 2 is 2.22 bits per heavy atom. The van der Waals surface area contributed by atoms with Crippen LogP contribution in [0.25, 0.3) is 0 Å². The fourth-order valence-electron chi connectivity index (χ4n) is 1.59. The number of aliphatic hydroxyl groups is 1. The lowest BCUT2D eigenvalue weighted by Crippen LogP contribution is -2.38. The van der Waals surface area contributed by atoms with Gasteiger partial charge in [-0.05, 0) is 19.4 Å². The van der Waals surface area contributed by atoms with Gasteiger partial charge in [-0.2, -0.15) is 0 Å². The molecule has 0 unspecified atom stereocenters. The monoisotopic (exact) mass is 267 g/mol. The number of rotatable bonds is 6. The predicted molar refractivity (Wildman–Crippen MR) is 73.5 cm³/mol. The Labute approximate surface area is 112 Å². The van der Waals surface area contributed by atoms with Crippen molar-refractivity contribution in [3.63, 3.8) is 0 Å². The molecule has 3 nitrogen and oxygen atoms in total. The Morgan fingerprint density at radius 3 is 2.83 bits per heavy atom. The molecule has 0 radical (unpaired) electrons. The highest BCUT2D eigenvalue weighted by molar-refractivity contribution is 6.31. The summed E-state index contributed by atoms with van der Waals surface area (Å²) in [5, 5.41) is 13.5. The van der Waals surface area contributed by atoms with Crippen molar-refractivity contribution in [2.75, 3.05) is 6.54 Å². The molecule has 98 valence electrons. The number of amides is 1. The molecule has 0 aliphatic rings. The van der Waals surface area contributed by atoms with Crippen molar-refractivity contribution < 1.29 is 9.90 Å². The van der Waals surface area contributed by atoms with Gasteiger partial charge >= 0.3 is 0 Å². The average Bonchev–Trinajstić information content (AvgIpc) is 2.34. The first-order valence-corrected chi connectivity index (χ1v) is 6.20. The molecule has 1 atom stereocenters. The number of hydrogen-bond donors (Lipinski definition) is 2. The van der Waals surface area contributed by atoms with Crippen LogP contribution in [0.5, 0.6) is 0 Å². The topological polar surface area (TPSA) is 49.3 Å². The molecule has 0 saturated carbocycles. The first-order chi connectivity index (χ1) is 8.47. The first-order valence-electron chi connectivity index (χ1n) is 5.82. The van der Waals surface area contributed by atoms with Crippen LogP contribution >= 0.6 is 11.6 Å². The normalized spacial score (nSPS) is 13.7. The molecule has 0 saturated heterocycles. The van der Waals surface area contributed by atoms with Crippen LogP contribution in [-0.4, -0.2) is 17.6 Å². The Balaban J connectivity index is 2.62. The maximum absolute atomic E-state index is 11.5. The molecule has 1 aromatic carbocycles. The van der Waals surface area contributed by atoms with Gasteiger partial charge in [-0.1, -0.05) is 35.9 Å². The van der Waals surface area contributed by atoms with E-state index in [1.807, 2.05) is 0 Å². The van der Waals surface area contributed by atoms with Crippen molar-refractivity contribution in [2.45, 2.75) is 25.4 Å². The summed E-state index contributed by atoms with van der Waals surface area (Å²) in [6.45, 7) is 5.31. The van der Waals surface area contributed by atoms with Crippen LogP contribution in [0.1, 0.15) is 25.3 Å². The van der Waals surface area contributed by atoms with E-state index in [0.717, 1.165) is 0 Å². The molecular weight excluding hydrogens is 250 g/mol. The molecule has 1 aromatic rings. The molecule has 18 heavy (non-hydrogen) atoms. The Bertz CT molecular complexity index is 430. The number of carbonyl (C=O) groups excluding carboxylic acids is 1. The van der Waals surface area contributed by atoms with Gasteiger partial charge in [0.05, 0.1) is 6.54 Å². The Morgan fingerprint density at radius 1 is 1.56 bits per heavy atom. The van der Waals surface area contributed by atoms with Crippen LogP contribution in [0.15, 0.2) is 36.9 Å². The van der Waals surface area contributed by atoms with Crippen LogP contribution in [0.2, 0.25) is 5.02 Å². The third-order valence-electron chi connectivity index (χ3n) is 2.66. The molecule has 0 aliphatic heterocycles. The van der Waals surface area contributed by atoms with Crippen molar-refractivity contribution in [2.24, 2.45) is 0 Å². The minimum atomic E-state index is -1.18. The predicted octanol–water partition coefficient (Wildman–Crippen LogP) is 2.63. The van der Waals surface area contributed by atoms with Gasteiger partial charge in [0.25, 0.3) is 0 Å². The number of allylic oxidation sites excluding steroid dienone is 1. The fourth-order valence-corrected chi connectivity index (χ4v) is 1.92. The number of carbonyl (C=O) groups is 1. The van der Waals surface area contributed by atoms with Gasteiger partial charge in [-0.3, -0.25) is 4.79 Å². The maximum atomic E-state index is 11.5. The molecule has 0 fully saturated rings. The van der Waals surface area contributed by atoms with E-state index in [1.54, 1.807) is 37.3 Å². The lowest BCUT2D eigenvalue weighted by molar-refractivity contribution is -0.122. The molecule has 0 bridgehead atoms. The summed E-state index contributed by atoms with van der Waals surface area (Å²) >= 11 is 6.02. The third kappa shape index (κ3) is 4.17. The zero-order chi connectivity index (χ0) is 13.6. The van der Waals surface area contributed by atoms with E-state index in [9.17, 15) is 9.90 Å². The molecule has 1 rings (SSSR count). The quantitative estimate of drug-likeness (QED) is 0.779. The highest BCUT2D eigenvalue weighted by atomic mass is 35.5. The maximum Gasteiger partial charge on any atom is 0.220 e. The van der Waals surface area contributed by atoms with E-state index < -0.39 is 5.60 Å². The van der Waals surface area contributed by atoms with Crippen LogP contribution in [-0.2, 0) is 10.4 Å². The van der Waals surface area contributed by atoms with Crippen LogP contribution in [0, 0.1) is 0 Å². The molecule has 0 heterocycles. The molecular formula is C14H18ClNO2. The summed E-state index contributed by atoms with van der Waals surface area (Å²) in [5.74, 6) is -0.109. The lowest BCUT2D eigenvalue weighted by Gasteiger charge is -2.25. The smallest absolute Gasteiger partial charge is 0.220 e. The second kappa shape index (κ2) is 6.57. The van der Waals surface area contributed by atoms with E-state index in [0.29, 0.717) is 23.4 Å². The van der Waals surface area contributed by atoms with Crippen molar-refractivity contribution in [3.8, 4) is 0 Å². The van der Waals surface area contributed by atoms with Gasteiger partial charge in [0, 0.05) is 17.0 Å². The van der Waals surface area contributed by atoms with E-state index in [2.05, 4.69) is 11.9 Å². The van der Waals surface area contributed by atoms with E-state index in [-0.39, 0.29) is 12.5 Å². The Hall–Kier alpha value is -1.32. The van der Waals surface area contributed by atoms with Crippen LogP contribution in [0.3, 0.4) is 0 Å². The van der Waals surface area contributed by atoms with E-state index in [1.165, 1.54) is 0 Å². The highest BCUT2D eigenvalue weighted by Gasteiger charge is 2.25. The average molecular weight is 268 g/mol. The van der Waals surface area contributed by atoms with Crippen LogP contribution < -0.4 is 5.32 Å². The summed E-state index contributed by atoms with van der Waals surface area (Å²) in [5.41, 5.74) is -0.571. The minimum Gasteiger partial charge on any atom is -0.384 e. The standard InChI is InChI=1S/C14H18ClNO2/c1-3-4-9-13(17)16-10-14(2,18)11-7-5-6-8-12(11)15/h3,5-8,18H,1,4,9-10H2,2H3,(H,16,17)/t14-/m1/s1. The largest absolute Gasteiger partial charge is 0.384 e. The zero-order valence-electron chi connectivity index (χ0n) is 10.4. The SMILES string of the molecule is C=CCCC(=O)NC[C@@](C)(O)c1ccccc1Cl. The van der Waals surface area contributed by atoms with Gasteiger partial charge in [0.1, 0.15) is 5.60 Å². The molecule has 1 amide bonds. The fraction of sp³-hybridized carbons (Fsp3) is 0.357. The first kappa shape index (κ1) is 14.7. The lowest BCUT2D eigenvalue weighted by atomic mass is 9.96. The summed E-state index contributed by atoms with van der Waals surface area (Å²) < 4.78 is 0. The summed E-state index contributed by atoms with van der Waals surface area (Å²) in [4.78, 5) is 11.5. The molecule has 0 aromatic heterocycles. The summed E-state index contributed by atoms with van der Waals surface area (Å²) in [6, 6.07) is 7.06. The van der Waals surface area contributed by atoms with Gasteiger partial charge in [-0.25, -0.2) is 0 Å². The second-order valence-corrected chi connectivity index (χ2v) is 4.76. The molecule has 0 aliphatic carbocycles. The van der Waals surface area contributed by atoms with Gasteiger partial charge < -0.3 is 10.4 Å². The van der Waals surface area contributed by atoms with E-state index in [4.69, 9.17) is 11.6 Å². The summed E-state index contributed by atoms with van der Waals surface area (Å²) in [6.07, 6.45) is 2.69. The van der Waals surface area contributed by atoms with Crippen molar-refractivity contribution in [3.05, 3.63) is 47.5 Å². The van der Waals surface area contributed by atoms with Crippen molar-refractivity contribution in [1.82, 2.24) is 5.32 Å². The summed E-state index contributed by atoms with van der Waals surface area (Å²) in [7, 11) is 0. The molecule has 0 spiro atoms. The zero-order valence-corrected chi connectivity index (χ0v) is 11.2. The number of hydrogen-bond acceptors (Lipinski definition) is 2. The molecule has 4 heteroatoms. The minimum absolute atomic E-state index is 0.109.